The van der Waals surface area contributed by atoms with Crippen molar-refractivity contribution in [3.63, 3.8) is 0 Å². The monoisotopic (exact) mass is 254 g/mol. The number of hydrogen-bond donors (Lipinski definition) is 1. The molecule has 1 aliphatic rings. The SMILES string of the molecule is CCN(CC(C)C)CC1(CNC)CCC(C)CC1. The summed E-state index contributed by atoms with van der Waals surface area (Å²) in [4.78, 5) is 2.66. The molecule has 0 unspecified atom stereocenters. The van der Waals surface area contributed by atoms with Crippen LogP contribution in [0.2, 0.25) is 0 Å². The predicted octanol–water partition coefficient (Wildman–Crippen LogP) is 3.38. The fourth-order valence-electron chi connectivity index (χ4n) is 3.44. The van der Waals surface area contributed by atoms with Crippen LogP contribution in [-0.4, -0.2) is 38.1 Å². The van der Waals surface area contributed by atoms with Crippen molar-refractivity contribution in [1.82, 2.24) is 10.2 Å². The highest BCUT2D eigenvalue weighted by atomic mass is 15.1. The third kappa shape index (κ3) is 4.89. The van der Waals surface area contributed by atoms with Crippen molar-refractivity contribution in [1.29, 1.82) is 0 Å². The molecule has 0 aromatic carbocycles. The molecule has 0 aromatic heterocycles. The molecule has 0 spiro atoms. The Hall–Kier alpha value is -0.0800. The van der Waals surface area contributed by atoms with Gasteiger partial charge in [-0.1, -0.05) is 40.5 Å². The molecule has 2 heteroatoms. The van der Waals surface area contributed by atoms with E-state index in [1.54, 1.807) is 0 Å². The largest absolute Gasteiger partial charge is 0.319 e. The first-order valence-electron chi connectivity index (χ1n) is 7.88. The molecular weight excluding hydrogens is 220 g/mol. The maximum Gasteiger partial charge on any atom is 0.00501 e. The number of nitrogens with zero attached hydrogens (tertiary/aromatic N) is 1. The van der Waals surface area contributed by atoms with Crippen molar-refractivity contribution in [2.75, 3.05) is 33.2 Å². The van der Waals surface area contributed by atoms with Crippen LogP contribution in [-0.2, 0) is 0 Å². The maximum atomic E-state index is 3.45. The molecule has 0 atom stereocenters. The molecule has 0 aliphatic heterocycles. The van der Waals surface area contributed by atoms with E-state index in [0.29, 0.717) is 5.41 Å². The molecule has 1 saturated carbocycles. The van der Waals surface area contributed by atoms with Gasteiger partial charge in [0.25, 0.3) is 0 Å². The van der Waals surface area contributed by atoms with E-state index in [0.717, 1.165) is 11.8 Å². The van der Waals surface area contributed by atoms with Gasteiger partial charge in [-0.15, -0.1) is 0 Å². The summed E-state index contributed by atoms with van der Waals surface area (Å²) in [7, 11) is 2.11. The molecule has 0 heterocycles. The Kier molecular flexibility index (Phi) is 6.65. The zero-order chi connectivity index (χ0) is 13.6. The van der Waals surface area contributed by atoms with Crippen molar-refractivity contribution < 1.29 is 0 Å². The molecule has 1 fully saturated rings. The van der Waals surface area contributed by atoms with Gasteiger partial charge in [0.1, 0.15) is 0 Å². The first-order chi connectivity index (χ1) is 8.51. The lowest BCUT2D eigenvalue weighted by molar-refractivity contribution is 0.0848. The third-order valence-corrected chi connectivity index (χ3v) is 4.52. The van der Waals surface area contributed by atoms with E-state index < -0.39 is 0 Å². The van der Waals surface area contributed by atoms with Crippen LogP contribution in [0, 0.1) is 17.3 Å². The number of hydrogen-bond acceptors (Lipinski definition) is 2. The first-order valence-corrected chi connectivity index (χ1v) is 7.88. The van der Waals surface area contributed by atoms with Gasteiger partial charge >= 0.3 is 0 Å². The van der Waals surface area contributed by atoms with Gasteiger partial charge in [-0.25, -0.2) is 0 Å². The van der Waals surface area contributed by atoms with Gasteiger partial charge in [0.05, 0.1) is 0 Å². The molecule has 0 saturated heterocycles. The lowest BCUT2D eigenvalue weighted by Crippen LogP contribution is -2.46. The van der Waals surface area contributed by atoms with E-state index in [4.69, 9.17) is 0 Å². The standard InChI is InChI=1S/C16H34N2/c1-6-18(11-14(2)3)13-16(12-17-5)9-7-15(4)8-10-16/h14-15,17H,6-13H2,1-5H3. The van der Waals surface area contributed by atoms with E-state index in [1.807, 2.05) is 0 Å². The molecule has 108 valence electrons. The summed E-state index contributed by atoms with van der Waals surface area (Å²) in [6.07, 6.45) is 5.65. The topological polar surface area (TPSA) is 15.3 Å². The van der Waals surface area contributed by atoms with Gasteiger partial charge < -0.3 is 10.2 Å². The highest BCUT2D eigenvalue weighted by molar-refractivity contribution is 4.89. The van der Waals surface area contributed by atoms with E-state index in [1.165, 1.54) is 51.9 Å². The second-order valence-corrected chi connectivity index (χ2v) is 6.93. The lowest BCUT2D eigenvalue weighted by Gasteiger charge is -2.43. The Morgan fingerprint density at radius 3 is 2.33 bits per heavy atom. The summed E-state index contributed by atoms with van der Waals surface area (Å²) in [5, 5.41) is 3.45. The second-order valence-electron chi connectivity index (χ2n) is 6.93. The Morgan fingerprint density at radius 1 is 1.28 bits per heavy atom. The molecule has 1 aliphatic carbocycles. The zero-order valence-electron chi connectivity index (χ0n) is 13.3. The Bertz CT molecular complexity index is 217. The molecule has 0 bridgehead atoms. The van der Waals surface area contributed by atoms with Crippen LogP contribution in [0.15, 0.2) is 0 Å². The zero-order valence-corrected chi connectivity index (χ0v) is 13.3. The summed E-state index contributed by atoms with van der Waals surface area (Å²) in [5.41, 5.74) is 0.534. The fourth-order valence-corrected chi connectivity index (χ4v) is 3.44. The van der Waals surface area contributed by atoms with Crippen molar-refractivity contribution in [2.45, 2.75) is 53.4 Å². The predicted molar refractivity (Wildman–Crippen MR) is 80.9 cm³/mol. The van der Waals surface area contributed by atoms with E-state index in [9.17, 15) is 0 Å². The minimum atomic E-state index is 0.534. The average Bonchev–Trinajstić information content (AvgIpc) is 2.32. The maximum absolute atomic E-state index is 3.45. The smallest absolute Gasteiger partial charge is 0.00501 e. The summed E-state index contributed by atoms with van der Waals surface area (Å²) in [6, 6.07) is 0. The average molecular weight is 254 g/mol. The van der Waals surface area contributed by atoms with E-state index in [2.05, 4.69) is 45.0 Å². The van der Waals surface area contributed by atoms with Gasteiger partial charge in [0.15, 0.2) is 0 Å². The van der Waals surface area contributed by atoms with Crippen LogP contribution < -0.4 is 5.32 Å². The van der Waals surface area contributed by atoms with E-state index >= 15 is 0 Å². The number of rotatable bonds is 7. The molecule has 0 aromatic rings. The Balaban J connectivity index is 2.60. The van der Waals surface area contributed by atoms with Gasteiger partial charge in [0, 0.05) is 19.6 Å². The van der Waals surface area contributed by atoms with E-state index in [-0.39, 0.29) is 0 Å². The quantitative estimate of drug-likeness (QED) is 0.749. The van der Waals surface area contributed by atoms with Gasteiger partial charge in [0.2, 0.25) is 0 Å². The van der Waals surface area contributed by atoms with Crippen LogP contribution in [0.4, 0.5) is 0 Å². The molecule has 2 nitrogen and oxygen atoms in total. The molecule has 18 heavy (non-hydrogen) atoms. The molecule has 1 rings (SSSR count). The fraction of sp³-hybridized carbons (Fsp3) is 1.00. The highest BCUT2D eigenvalue weighted by Crippen LogP contribution is 2.39. The van der Waals surface area contributed by atoms with Crippen molar-refractivity contribution in [3.05, 3.63) is 0 Å². The van der Waals surface area contributed by atoms with Gasteiger partial charge in [-0.05, 0) is 43.7 Å². The summed E-state index contributed by atoms with van der Waals surface area (Å²) >= 11 is 0. The summed E-state index contributed by atoms with van der Waals surface area (Å²) in [6.45, 7) is 14.3. The Labute approximate surface area is 115 Å². The second kappa shape index (κ2) is 7.49. The lowest BCUT2D eigenvalue weighted by atomic mass is 9.70. The molecular formula is C16H34N2. The first kappa shape index (κ1) is 16.0. The van der Waals surface area contributed by atoms with Gasteiger partial charge in [-0.3, -0.25) is 0 Å². The van der Waals surface area contributed by atoms with Crippen molar-refractivity contribution in [2.24, 2.45) is 17.3 Å². The minimum absolute atomic E-state index is 0.534. The summed E-state index contributed by atoms with van der Waals surface area (Å²) in [5.74, 6) is 1.72. The van der Waals surface area contributed by atoms with Crippen LogP contribution in [0.5, 0.6) is 0 Å². The highest BCUT2D eigenvalue weighted by Gasteiger charge is 2.34. The van der Waals surface area contributed by atoms with Crippen LogP contribution in [0.25, 0.3) is 0 Å². The van der Waals surface area contributed by atoms with Crippen molar-refractivity contribution in [3.8, 4) is 0 Å². The normalized spacial score (nSPS) is 29.2. The third-order valence-electron chi connectivity index (χ3n) is 4.52. The Morgan fingerprint density at radius 2 is 1.89 bits per heavy atom. The van der Waals surface area contributed by atoms with Crippen molar-refractivity contribution >= 4 is 0 Å². The van der Waals surface area contributed by atoms with Crippen LogP contribution >= 0.6 is 0 Å². The number of nitrogens with one attached hydrogen (secondary N) is 1. The molecule has 0 amide bonds. The molecule has 0 radical (unpaired) electrons. The van der Waals surface area contributed by atoms with Crippen LogP contribution in [0.3, 0.4) is 0 Å². The minimum Gasteiger partial charge on any atom is -0.319 e. The van der Waals surface area contributed by atoms with Gasteiger partial charge in [-0.2, -0.15) is 0 Å². The van der Waals surface area contributed by atoms with Crippen LogP contribution in [0.1, 0.15) is 53.4 Å². The summed E-state index contributed by atoms with van der Waals surface area (Å²) < 4.78 is 0. The molecule has 1 N–H and O–H groups in total.